The van der Waals surface area contributed by atoms with Crippen molar-refractivity contribution in [2.45, 2.75) is 12.1 Å². The number of aliphatic hydroxyl groups excluding tert-OH is 2. The van der Waals surface area contributed by atoms with Crippen molar-refractivity contribution < 1.29 is 29.4 Å². The number of rotatable bonds is 10. The van der Waals surface area contributed by atoms with Crippen LogP contribution in [0.15, 0.2) is 25.3 Å². The average Bonchev–Trinajstić information content (AvgIpc) is 2.52. The molecule has 8 heteroatoms. The predicted octanol–water partition coefficient (Wildman–Crippen LogP) is -2.30. The molecule has 0 heterocycles. The molecule has 0 aliphatic carbocycles. The molecule has 8 nitrogen and oxygen atoms in total. The van der Waals surface area contributed by atoms with E-state index in [1.54, 1.807) is 0 Å². The van der Waals surface area contributed by atoms with Crippen LogP contribution in [0, 0.1) is 5.41 Å². The van der Waals surface area contributed by atoms with Crippen molar-refractivity contribution in [2.75, 3.05) is 13.2 Å². The first-order valence-electron chi connectivity index (χ1n) is 5.93. The lowest BCUT2D eigenvalue weighted by Crippen LogP contribution is -2.63. The van der Waals surface area contributed by atoms with Crippen LogP contribution >= 0.6 is 0 Å². The molecular weight excluding hydrogens is 280 g/mol. The lowest BCUT2D eigenvalue weighted by atomic mass is 9.75. The van der Waals surface area contributed by atoms with Crippen LogP contribution in [0.1, 0.15) is 0 Å². The van der Waals surface area contributed by atoms with Crippen molar-refractivity contribution in [2.24, 2.45) is 5.41 Å². The summed E-state index contributed by atoms with van der Waals surface area (Å²) < 4.78 is 0. The summed E-state index contributed by atoms with van der Waals surface area (Å²) in [5.41, 5.74) is -1.80. The van der Waals surface area contributed by atoms with Gasteiger partial charge >= 0.3 is 0 Å². The number of hydrogen-bond donors (Lipinski definition) is 4. The Balaban J connectivity index is 5.61. The number of nitrogens with one attached hydrogen (secondary N) is 2. The van der Waals surface area contributed by atoms with Gasteiger partial charge in [-0.2, -0.15) is 0 Å². The third-order valence-electron chi connectivity index (χ3n) is 3.07. The van der Waals surface area contributed by atoms with Gasteiger partial charge in [0.25, 0.3) is 0 Å². The van der Waals surface area contributed by atoms with Gasteiger partial charge in [0.2, 0.25) is 11.8 Å². The maximum absolute atomic E-state index is 11.3. The lowest BCUT2D eigenvalue weighted by Gasteiger charge is -2.39. The van der Waals surface area contributed by atoms with E-state index in [-0.39, 0.29) is 12.6 Å². The molecule has 0 radical (unpaired) electrons. The summed E-state index contributed by atoms with van der Waals surface area (Å²) in [5.74, 6) is -1.48. The molecule has 21 heavy (non-hydrogen) atoms. The van der Waals surface area contributed by atoms with Crippen LogP contribution in [0.4, 0.5) is 0 Å². The number of aliphatic hydroxyl groups is 2. The van der Waals surface area contributed by atoms with Gasteiger partial charge in [-0.1, -0.05) is 13.2 Å². The molecular formula is C13H18N2O6. The summed E-state index contributed by atoms with van der Waals surface area (Å²) >= 11 is 0. The highest BCUT2D eigenvalue weighted by Gasteiger charge is 2.46. The van der Waals surface area contributed by atoms with Gasteiger partial charge < -0.3 is 30.4 Å². The van der Waals surface area contributed by atoms with Crippen LogP contribution in [0.25, 0.3) is 0 Å². The summed E-state index contributed by atoms with van der Waals surface area (Å²) in [4.78, 5) is 45.0. The zero-order chi connectivity index (χ0) is 16.5. The summed E-state index contributed by atoms with van der Waals surface area (Å²) in [5, 5.41) is 23.4. The van der Waals surface area contributed by atoms with Gasteiger partial charge in [-0.3, -0.25) is 9.59 Å². The van der Waals surface area contributed by atoms with E-state index in [4.69, 9.17) is 0 Å². The van der Waals surface area contributed by atoms with Crippen LogP contribution in [-0.4, -0.2) is 59.9 Å². The highest BCUT2D eigenvalue weighted by molar-refractivity contribution is 5.91. The molecule has 116 valence electrons. The van der Waals surface area contributed by atoms with Crippen molar-refractivity contribution >= 4 is 24.4 Å². The summed E-state index contributed by atoms with van der Waals surface area (Å²) in [7, 11) is 0. The van der Waals surface area contributed by atoms with Gasteiger partial charge in [0.05, 0.1) is 30.7 Å². The fourth-order valence-electron chi connectivity index (χ4n) is 1.69. The Bertz CT molecular complexity index is 394. The van der Waals surface area contributed by atoms with Crippen molar-refractivity contribution in [3.63, 3.8) is 0 Å². The molecule has 0 saturated heterocycles. The SMILES string of the molecule is C=CC(=O)NC(C=O)C(CO)(CO)C(C=O)NC(=O)C=C. The molecule has 0 fully saturated rings. The van der Waals surface area contributed by atoms with E-state index in [2.05, 4.69) is 23.8 Å². The van der Waals surface area contributed by atoms with E-state index in [1.807, 2.05) is 0 Å². The van der Waals surface area contributed by atoms with E-state index < -0.39 is 42.5 Å². The number of aldehydes is 2. The molecule has 0 aromatic carbocycles. The van der Waals surface area contributed by atoms with Gasteiger partial charge in [-0.25, -0.2) is 0 Å². The highest BCUT2D eigenvalue weighted by atomic mass is 16.3. The normalized spacial score (nSPS) is 13.4. The third kappa shape index (κ3) is 4.33. The first kappa shape index (κ1) is 18.7. The van der Waals surface area contributed by atoms with Crippen molar-refractivity contribution in [1.29, 1.82) is 0 Å². The quantitative estimate of drug-likeness (QED) is 0.265. The van der Waals surface area contributed by atoms with Gasteiger partial charge in [0.15, 0.2) is 0 Å². The Hall–Kier alpha value is -2.32. The van der Waals surface area contributed by atoms with Crippen LogP contribution < -0.4 is 10.6 Å². The Kier molecular flexibility index (Phi) is 7.80. The summed E-state index contributed by atoms with van der Waals surface area (Å²) in [6.45, 7) is 4.72. The lowest BCUT2D eigenvalue weighted by molar-refractivity contribution is -0.131. The van der Waals surface area contributed by atoms with Crippen molar-refractivity contribution in [1.82, 2.24) is 10.6 Å². The zero-order valence-corrected chi connectivity index (χ0v) is 11.3. The molecule has 0 aliphatic heterocycles. The summed E-state index contributed by atoms with van der Waals surface area (Å²) in [6.07, 6.45) is 2.28. The average molecular weight is 298 g/mol. The third-order valence-corrected chi connectivity index (χ3v) is 3.07. The van der Waals surface area contributed by atoms with Gasteiger partial charge in [0, 0.05) is 0 Å². The Labute approximate surface area is 121 Å². The molecule has 0 rings (SSSR count). The van der Waals surface area contributed by atoms with Gasteiger partial charge in [-0.05, 0) is 12.2 Å². The fraction of sp³-hybridized carbons (Fsp3) is 0.385. The van der Waals surface area contributed by atoms with E-state index in [0.29, 0.717) is 0 Å². The molecule has 0 aromatic rings. The smallest absolute Gasteiger partial charge is 0.243 e. The maximum Gasteiger partial charge on any atom is 0.243 e. The second-order valence-electron chi connectivity index (χ2n) is 4.20. The van der Waals surface area contributed by atoms with Crippen LogP contribution in [0.2, 0.25) is 0 Å². The summed E-state index contributed by atoms with van der Waals surface area (Å²) in [6, 6.07) is -2.84. The number of carbonyl (C=O) groups excluding carboxylic acids is 4. The monoisotopic (exact) mass is 298 g/mol. The second-order valence-corrected chi connectivity index (χ2v) is 4.20. The Morgan fingerprint density at radius 1 is 0.952 bits per heavy atom. The van der Waals surface area contributed by atoms with Crippen LogP contribution in [0.5, 0.6) is 0 Å². The largest absolute Gasteiger partial charge is 0.396 e. The van der Waals surface area contributed by atoms with Gasteiger partial charge in [0.1, 0.15) is 12.6 Å². The minimum absolute atomic E-state index is 0.254. The van der Waals surface area contributed by atoms with Crippen LogP contribution in [-0.2, 0) is 19.2 Å². The number of amides is 2. The molecule has 2 unspecified atom stereocenters. The first-order chi connectivity index (χ1) is 9.95. The number of carbonyl (C=O) groups is 4. The molecule has 0 bridgehead atoms. The Morgan fingerprint density at radius 3 is 1.48 bits per heavy atom. The van der Waals surface area contributed by atoms with Crippen molar-refractivity contribution in [3.05, 3.63) is 25.3 Å². The van der Waals surface area contributed by atoms with Gasteiger partial charge in [-0.15, -0.1) is 0 Å². The maximum atomic E-state index is 11.3. The zero-order valence-electron chi connectivity index (χ0n) is 11.3. The van der Waals surface area contributed by atoms with E-state index in [1.165, 1.54) is 0 Å². The highest BCUT2D eigenvalue weighted by Crippen LogP contribution is 2.24. The van der Waals surface area contributed by atoms with Crippen LogP contribution in [0.3, 0.4) is 0 Å². The minimum Gasteiger partial charge on any atom is -0.396 e. The van der Waals surface area contributed by atoms with E-state index in [9.17, 15) is 29.4 Å². The fourth-order valence-corrected chi connectivity index (χ4v) is 1.69. The first-order valence-corrected chi connectivity index (χ1v) is 5.93. The molecule has 0 aromatic heterocycles. The molecule has 0 spiro atoms. The van der Waals surface area contributed by atoms with E-state index >= 15 is 0 Å². The van der Waals surface area contributed by atoms with Crippen molar-refractivity contribution in [3.8, 4) is 0 Å². The molecule has 0 saturated carbocycles. The Morgan fingerprint density at radius 2 is 1.29 bits per heavy atom. The molecule has 2 atom stereocenters. The predicted molar refractivity (Wildman–Crippen MR) is 73.0 cm³/mol. The minimum atomic E-state index is -1.80. The van der Waals surface area contributed by atoms with E-state index in [0.717, 1.165) is 12.2 Å². The topological polar surface area (TPSA) is 133 Å². The molecule has 0 aliphatic rings. The molecule has 4 N–H and O–H groups in total. The molecule has 2 amide bonds. The standard InChI is InChI=1S/C13H18N2O6/c1-3-11(20)14-9(5-16)13(7-18,8-19)10(6-17)15-12(21)4-2/h3-6,9-10,18-19H,1-2,7-8H2,(H,14,20)(H,15,21). The second kappa shape index (κ2) is 8.77. The number of hydrogen-bond acceptors (Lipinski definition) is 6.